The molecule has 7 heteroatoms. The molecule has 0 aliphatic rings. The summed E-state index contributed by atoms with van der Waals surface area (Å²) in [5.74, 6) is 4.35. The molecule has 0 amide bonds. The minimum atomic E-state index is -3.74. The van der Waals surface area contributed by atoms with Crippen LogP contribution in [-0.4, -0.2) is 20.1 Å². The molecule has 1 aromatic heterocycles. The van der Waals surface area contributed by atoms with Gasteiger partial charge in [0.1, 0.15) is 16.6 Å². The zero-order chi connectivity index (χ0) is 15.5. The van der Waals surface area contributed by atoms with Crippen molar-refractivity contribution in [2.75, 3.05) is 11.3 Å². The molecule has 0 unspecified atom stereocenters. The Morgan fingerprint density at radius 2 is 2.10 bits per heavy atom. The summed E-state index contributed by atoms with van der Waals surface area (Å²) in [4.78, 5) is 0.870. The molecule has 2 N–H and O–H groups in total. The first-order valence-electron chi connectivity index (χ1n) is 5.91. The van der Waals surface area contributed by atoms with Crippen LogP contribution in [0.25, 0.3) is 0 Å². The van der Waals surface area contributed by atoms with Gasteiger partial charge in [0.2, 0.25) is 0 Å². The van der Waals surface area contributed by atoms with Gasteiger partial charge in [0.15, 0.2) is 0 Å². The number of benzene rings is 1. The van der Waals surface area contributed by atoms with E-state index in [-0.39, 0.29) is 15.5 Å². The van der Waals surface area contributed by atoms with Crippen molar-refractivity contribution in [1.82, 2.24) is 0 Å². The van der Waals surface area contributed by atoms with Gasteiger partial charge in [0.25, 0.3) is 10.0 Å². The monoisotopic (exact) mass is 325 g/mol. The first-order valence-corrected chi connectivity index (χ1v) is 8.21. The number of halogens is 1. The molecule has 0 fully saturated rings. The SMILES string of the molecule is Cc1ccc(S(=O)(=O)Nc2ccc(F)cc2C#CCO)s1. The van der Waals surface area contributed by atoms with E-state index in [2.05, 4.69) is 16.6 Å². The van der Waals surface area contributed by atoms with Crippen LogP contribution in [0.15, 0.2) is 34.5 Å². The van der Waals surface area contributed by atoms with Crippen LogP contribution in [0, 0.1) is 24.6 Å². The van der Waals surface area contributed by atoms with Crippen molar-refractivity contribution < 1.29 is 17.9 Å². The summed E-state index contributed by atoms with van der Waals surface area (Å²) in [6, 6.07) is 6.76. The van der Waals surface area contributed by atoms with Crippen molar-refractivity contribution in [3.8, 4) is 11.8 Å². The Hall–Kier alpha value is -1.88. The van der Waals surface area contributed by atoms with Crippen LogP contribution in [0.4, 0.5) is 10.1 Å². The molecule has 0 aliphatic heterocycles. The molecule has 0 radical (unpaired) electrons. The molecule has 21 heavy (non-hydrogen) atoms. The van der Waals surface area contributed by atoms with Gasteiger partial charge in [-0.25, -0.2) is 12.8 Å². The Labute approximate surface area is 126 Å². The molecule has 0 saturated carbocycles. The van der Waals surface area contributed by atoms with Crippen molar-refractivity contribution in [3.05, 3.63) is 46.6 Å². The maximum atomic E-state index is 13.2. The van der Waals surface area contributed by atoms with E-state index in [9.17, 15) is 12.8 Å². The molecule has 1 aromatic carbocycles. The molecule has 0 bridgehead atoms. The van der Waals surface area contributed by atoms with E-state index in [0.717, 1.165) is 28.3 Å². The molecule has 0 atom stereocenters. The van der Waals surface area contributed by atoms with Gasteiger partial charge in [-0.3, -0.25) is 4.72 Å². The lowest BCUT2D eigenvalue weighted by atomic mass is 10.2. The Balaban J connectivity index is 2.39. The van der Waals surface area contributed by atoms with Crippen LogP contribution >= 0.6 is 11.3 Å². The lowest BCUT2D eigenvalue weighted by Crippen LogP contribution is -2.12. The Kier molecular flexibility index (Phi) is 4.63. The van der Waals surface area contributed by atoms with Crippen LogP contribution in [0.3, 0.4) is 0 Å². The second kappa shape index (κ2) is 6.26. The summed E-state index contributed by atoms with van der Waals surface area (Å²) < 4.78 is 40.3. The van der Waals surface area contributed by atoms with E-state index >= 15 is 0 Å². The molecule has 4 nitrogen and oxygen atoms in total. The van der Waals surface area contributed by atoms with Crippen LogP contribution in [0.2, 0.25) is 0 Å². The van der Waals surface area contributed by atoms with Gasteiger partial charge < -0.3 is 5.11 Å². The normalized spacial score (nSPS) is 10.8. The zero-order valence-corrected chi connectivity index (χ0v) is 12.7. The smallest absolute Gasteiger partial charge is 0.271 e. The summed E-state index contributed by atoms with van der Waals surface area (Å²) in [7, 11) is -3.74. The van der Waals surface area contributed by atoms with Crippen LogP contribution in [0.1, 0.15) is 10.4 Å². The van der Waals surface area contributed by atoms with Gasteiger partial charge in [0, 0.05) is 4.88 Å². The number of anilines is 1. The van der Waals surface area contributed by atoms with Crippen molar-refractivity contribution in [2.45, 2.75) is 11.1 Å². The second-order valence-corrected chi connectivity index (χ2v) is 7.32. The minimum absolute atomic E-state index is 0.168. The maximum Gasteiger partial charge on any atom is 0.271 e. The number of aliphatic hydroxyl groups is 1. The highest BCUT2D eigenvalue weighted by Gasteiger charge is 2.17. The summed E-state index contributed by atoms with van der Waals surface area (Å²) in [6.07, 6.45) is 0. The van der Waals surface area contributed by atoms with Crippen molar-refractivity contribution in [3.63, 3.8) is 0 Å². The van der Waals surface area contributed by atoms with Gasteiger partial charge in [-0.2, -0.15) is 0 Å². The standard InChI is InChI=1S/C14H12FNO3S2/c1-10-4-7-14(20-10)21(18,19)16-13-6-5-12(15)9-11(13)3-2-8-17/h4-7,9,16-17H,8H2,1H3. The quantitative estimate of drug-likeness (QED) is 0.851. The summed E-state index contributed by atoms with van der Waals surface area (Å²) in [5.41, 5.74) is 0.337. The summed E-state index contributed by atoms with van der Waals surface area (Å²) >= 11 is 1.14. The van der Waals surface area contributed by atoms with Gasteiger partial charge in [-0.1, -0.05) is 11.8 Å². The average molecular weight is 325 g/mol. The highest BCUT2D eigenvalue weighted by Crippen LogP contribution is 2.25. The summed E-state index contributed by atoms with van der Waals surface area (Å²) in [5, 5.41) is 8.70. The molecule has 2 aromatic rings. The van der Waals surface area contributed by atoms with Crippen LogP contribution in [-0.2, 0) is 10.0 Å². The van der Waals surface area contributed by atoms with Crippen molar-refractivity contribution in [2.24, 2.45) is 0 Å². The van der Waals surface area contributed by atoms with E-state index in [4.69, 9.17) is 5.11 Å². The van der Waals surface area contributed by atoms with E-state index in [1.165, 1.54) is 12.1 Å². The fraction of sp³-hybridized carbons (Fsp3) is 0.143. The first-order chi connectivity index (χ1) is 9.92. The molecule has 0 saturated heterocycles. The molecule has 110 valence electrons. The number of aryl methyl sites for hydroxylation is 1. The van der Waals surface area contributed by atoms with Crippen LogP contribution < -0.4 is 4.72 Å². The molecular formula is C14H12FNO3S2. The number of sulfonamides is 1. The second-order valence-electron chi connectivity index (χ2n) is 4.12. The average Bonchev–Trinajstić information content (AvgIpc) is 2.86. The predicted octanol–water partition coefficient (Wildman–Crippen LogP) is 2.34. The first kappa shape index (κ1) is 15.5. The number of thiophene rings is 1. The lowest BCUT2D eigenvalue weighted by Gasteiger charge is -2.08. The van der Waals surface area contributed by atoms with Crippen LogP contribution in [0.5, 0.6) is 0 Å². The third-order valence-corrected chi connectivity index (χ3v) is 5.37. The highest BCUT2D eigenvalue weighted by atomic mass is 32.2. The number of hydrogen-bond acceptors (Lipinski definition) is 4. The molecular weight excluding hydrogens is 313 g/mol. The zero-order valence-electron chi connectivity index (χ0n) is 11.1. The topological polar surface area (TPSA) is 66.4 Å². The highest BCUT2D eigenvalue weighted by molar-refractivity contribution is 7.94. The Morgan fingerprint density at radius 3 is 2.71 bits per heavy atom. The maximum absolute atomic E-state index is 13.2. The van der Waals surface area contributed by atoms with Gasteiger partial charge in [0.05, 0.1) is 11.3 Å². The Bertz CT molecular complexity index is 816. The number of rotatable bonds is 3. The van der Waals surface area contributed by atoms with Gasteiger partial charge in [-0.05, 0) is 37.3 Å². The molecule has 2 rings (SSSR count). The van der Waals surface area contributed by atoms with Gasteiger partial charge in [-0.15, -0.1) is 11.3 Å². The van der Waals surface area contributed by atoms with Crippen molar-refractivity contribution in [1.29, 1.82) is 0 Å². The third-order valence-electron chi connectivity index (χ3n) is 2.51. The van der Waals surface area contributed by atoms with E-state index in [1.54, 1.807) is 13.0 Å². The fourth-order valence-corrected chi connectivity index (χ4v) is 3.96. The number of hydrogen-bond donors (Lipinski definition) is 2. The summed E-state index contributed by atoms with van der Waals surface area (Å²) in [6.45, 7) is 1.41. The molecule has 0 spiro atoms. The van der Waals surface area contributed by atoms with E-state index in [1.807, 2.05) is 0 Å². The fourth-order valence-electron chi connectivity index (χ4n) is 1.60. The largest absolute Gasteiger partial charge is 0.384 e. The van der Waals surface area contributed by atoms with Crippen molar-refractivity contribution >= 4 is 27.0 Å². The minimum Gasteiger partial charge on any atom is -0.384 e. The van der Waals surface area contributed by atoms with Gasteiger partial charge >= 0.3 is 0 Å². The number of nitrogens with one attached hydrogen (secondary N) is 1. The third kappa shape index (κ3) is 3.82. The van der Waals surface area contributed by atoms with E-state index in [0.29, 0.717) is 0 Å². The van der Waals surface area contributed by atoms with E-state index < -0.39 is 22.4 Å². The number of aliphatic hydroxyl groups excluding tert-OH is 1. The predicted molar refractivity (Wildman–Crippen MR) is 80.2 cm³/mol. The molecule has 1 heterocycles. The molecule has 0 aliphatic carbocycles. The lowest BCUT2D eigenvalue weighted by molar-refractivity contribution is 0.350. The Morgan fingerprint density at radius 1 is 1.33 bits per heavy atom.